The second-order valence-corrected chi connectivity index (χ2v) is 8.50. The fourth-order valence-corrected chi connectivity index (χ4v) is 3.93. The molecule has 9 heteroatoms. The van der Waals surface area contributed by atoms with E-state index in [1.165, 1.54) is 11.8 Å². The van der Waals surface area contributed by atoms with Crippen LogP contribution in [0.25, 0.3) is 0 Å². The minimum absolute atomic E-state index is 0.00328. The molecule has 1 aromatic heterocycles. The van der Waals surface area contributed by atoms with E-state index in [9.17, 15) is 9.59 Å². The molecular weight excluding hydrogens is 488 g/mol. The van der Waals surface area contributed by atoms with E-state index in [0.29, 0.717) is 33.7 Å². The quantitative estimate of drug-likeness (QED) is 0.257. The van der Waals surface area contributed by atoms with Crippen molar-refractivity contribution in [2.24, 2.45) is 0 Å². The van der Waals surface area contributed by atoms with Crippen LogP contribution in [0.3, 0.4) is 0 Å². The number of thioether (sulfide) groups is 1. The predicted molar refractivity (Wildman–Crippen MR) is 122 cm³/mol. The molecule has 3 aromatic rings. The Kier molecular flexibility index (Phi) is 7.84. The molecule has 1 amide bonds. The van der Waals surface area contributed by atoms with Gasteiger partial charge in [0, 0.05) is 27.2 Å². The Morgan fingerprint density at radius 1 is 1.17 bits per heavy atom. The van der Waals surface area contributed by atoms with Gasteiger partial charge in [0.05, 0.1) is 12.3 Å². The molecule has 0 aliphatic rings. The van der Waals surface area contributed by atoms with Gasteiger partial charge < -0.3 is 9.88 Å². The summed E-state index contributed by atoms with van der Waals surface area (Å²) in [6.45, 7) is 4.41. The number of halogens is 2. The summed E-state index contributed by atoms with van der Waals surface area (Å²) in [5, 5.41) is 12.2. The molecule has 0 aliphatic carbocycles. The largest absolute Gasteiger partial charge is 0.345 e. The van der Waals surface area contributed by atoms with Gasteiger partial charge in [-0.25, -0.2) is 0 Å². The third-order valence-corrected chi connectivity index (χ3v) is 5.83. The minimum atomic E-state index is -0.259. The lowest BCUT2D eigenvalue weighted by molar-refractivity contribution is 0.0948. The molecule has 30 heavy (non-hydrogen) atoms. The third kappa shape index (κ3) is 5.81. The Labute approximate surface area is 191 Å². The van der Waals surface area contributed by atoms with Crippen molar-refractivity contribution >= 4 is 51.0 Å². The van der Waals surface area contributed by atoms with Gasteiger partial charge in [-0.05, 0) is 30.3 Å². The predicted octanol–water partition coefficient (Wildman–Crippen LogP) is 4.79. The SMILES string of the molecule is C=CCn1c(CNC(=O)c2cccc(Cl)c2)nnc1SCC(=O)c1ccc(Br)cc1. The third-order valence-electron chi connectivity index (χ3n) is 4.10. The summed E-state index contributed by atoms with van der Waals surface area (Å²) in [6, 6.07) is 13.9. The van der Waals surface area contributed by atoms with E-state index >= 15 is 0 Å². The Bertz CT molecular complexity index is 1070. The fourth-order valence-electron chi connectivity index (χ4n) is 2.61. The summed E-state index contributed by atoms with van der Waals surface area (Å²) in [7, 11) is 0. The topological polar surface area (TPSA) is 76.9 Å². The monoisotopic (exact) mass is 504 g/mol. The number of nitrogens with zero attached hydrogens (tertiary/aromatic N) is 3. The van der Waals surface area contributed by atoms with Gasteiger partial charge in [0.2, 0.25) is 0 Å². The zero-order valence-electron chi connectivity index (χ0n) is 15.8. The molecule has 154 valence electrons. The molecule has 6 nitrogen and oxygen atoms in total. The number of amides is 1. The Hall–Kier alpha value is -2.42. The zero-order valence-corrected chi connectivity index (χ0v) is 19.0. The minimum Gasteiger partial charge on any atom is -0.345 e. The van der Waals surface area contributed by atoms with Crippen molar-refractivity contribution in [3.63, 3.8) is 0 Å². The summed E-state index contributed by atoms with van der Waals surface area (Å²) in [5.74, 6) is 0.539. The highest BCUT2D eigenvalue weighted by atomic mass is 79.9. The Morgan fingerprint density at radius 3 is 2.63 bits per heavy atom. The first-order chi connectivity index (χ1) is 14.5. The highest BCUT2D eigenvalue weighted by Crippen LogP contribution is 2.20. The molecule has 0 spiro atoms. The van der Waals surface area contributed by atoms with Gasteiger partial charge >= 0.3 is 0 Å². The Morgan fingerprint density at radius 2 is 1.93 bits per heavy atom. The first-order valence-electron chi connectivity index (χ1n) is 8.96. The molecule has 0 saturated carbocycles. The van der Waals surface area contributed by atoms with Gasteiger partial charge in [-0.1, -0.05) is 63.6 Å². The molecule has 2 aromatic carbocycles. The van der Waals surface area contributed by atoms with E-state index in [1.807, 2.05) is 16.7 Å². The summed E-state index contributed by atoms with van der Waals surface area (Å²) in [4.78, 5) is 24.8. The van der Waals surface area contributed by atoms with E-state index < -0.39 is 0 Å². The first-order valence-corrected chi connectivity index (χ1v) is 11.1. The molecule has 3 rings (SSSR count). The molecule has 1 heterocycles. The lowest BCUT2D eigenvalue weighted by Gasteiger charge is -2.09. The van der Waals surface area contributed by atoms with Gasteiger partial charge in [-0.3, -0.25) is 9.59 Å². The van der Waals surface area contributed by atoms with Crippen LogP contribution in [0.4, 0.5) is 0 Å². The summed E-state index contributed by atoms with van der Waals surface area (Å²) >= 11 is 10.6. The van der Waals surface area contributed by atoms with E-state index in [4.69, 9.17) is 11.6 Å². The number of rotatable bonds is 9. The van der Waals surface area contributed by atoms with Crippen LogP contribution in [0, 0.1) is 0 Å². The summed E-state index contributed by atoms with van der Waals surface area (Å²) in [5.41, 5.74) is 1.10. The van der Waals surface area contributed by atoms with Gasteiger partial charge in [-0.2, -0.15) is 0 Å². The van der Waals surface area contributed by atoms with Crippen molar-refractivity contribution in [3.8, 4) is 0 Å². The molecule has 0 unspecified atom stereocenters. The number of hydrogen-bond donors (Lipinski definition) is 1. The van der Waals surface area contributed by atoms with Crippen molar-refractivity contribution in [1.29, 1.82) is 0 Å². The number of hydrogen-bond acceptors (Lipinski definition) is 5. The van der Waals surface area contributed by atoms with Crippen LogP contribution in [0.2, 0.25) is 5.02 Å². The average Bonchev–Trinajstić information content (AvgIpc) is 3.12. The lowest BCUT2D eigenvalue weighted by Crippen LogP contribution is -2.24. The smallest absolute Gasteiger partial charge is 0.251 e. The fraction of sp³-hybridized carbons (Fsp3) is 0.143. The van der Waals surface area contributed by atoms with Crippen LogP contribution in [-0.2, 0) is 13.1 Å². The molecule has 0 atom stereocenters. The number of nitrogens with one attached hydrogen (secondary N) is 1. The van der Waals surface area contributed by atoms with Gasteiger partial charge in [0.15, 0.2) is 16.8 Å². The Balaban J connectivity index is 1.65. The average molecular weight is 506 g/mol. The molecule has 0 aliphatic heterocycles. The molecule has 0 radical (unpaired) electrons. The van der Waals surface area contributed by atoms with Gasteiger partial charge in [0.1, 0.15) is 0 Å². The van der Waals surface area contributed by atoms with Crippen LogP contribution < -0.4 is 5.32 Å². The van der Waals surface area contributed by atoms with Crippen molar-refractivity contribution < 1.29 is 9.59 Å². The number of Topliss-reactive ketones (excluding diaryl/α,β-unsaturated/α-hetero) is 1. The maximum absolute atomic E-state index is 12.4. The first kappa shape index (κ1) is 22.3. The molecule has 0 fully saturated rings. The van der Waals surface area contributed by atoms with Gasteiger partial charge in [-0.15, -0.1) is 16.8 Å². The normalized spacial score (nSPS) is 10.6. The van der Waals surface area contributed by atoms with Crippen molar-refractivity contribution in [2.75, 3.05) is 5.75 Å². The number of carbonyl (C=O) groups excluding carboxylic acids is 2. The number of allylic oxidation sites excluding steroid dienone is 1. The van der Waals surface area contributed by atoms with Gasteiger partial charge in [0.25, 0.3) is 5.91 Å². The summed E-state index contributed by atoms with van der Waals surface area (Å²) < 4.78 is 2.74. The van der Waals surface area contributed by atoms with E-state index in [1.54, 1.807) is 42.5 Å². The van der Waals surface area contributed by atoms with Crippen molar-refractivity contribution in [1.82, 2.24) is 20.1 Å². The lowest BCUT2D eigenvalue weighted by atomic mass is 10.2. The number of carbonyl (C=O) groups is 2. The highest BCUT2D eigenvalue weighted by molar-refractivity contribution is 9.10. The van der Waals surface area contributed by atoms with Crippen LogP contribution in [0.5, 0.6) is 0 Å². The van der Waals surface area contributed by atoms with Crippen LogP contribution in [-0.4, -0.2) is 32.2 Å². The maximum Gasteiger partial charge on any atom is 0.251 e. The number of benzene rings is 2. The second-order valence-electron chi connectivity index (χ2n) is 6.21. The second kappa shape index (κ2) is 10.6. The number of ketones is 1. The standard InChI is InChI=1S/C21H18BrClN4O2S/c1-2-10-27-19(12-24-20(29)15-4-3-5-17(23)11-15)25-26-21(27)30-13-18(28)14-6-8-16(22)9-7-14/h2-9,11H,1,10,12-13H2,(H,24,29). The van der Waals surface area contributed by atoms with Crippen LogP contribution >= 0.6 is 39.3 Å². The van der Waals surface area contributed by atoms with E-state index in [0.717, 1.165) is 4.47 Å². The van der Waals surface area contributed by atoms with Crippen LogP contribution in [0.1, 0.15) is 26.5 Å². The summed E-state index contributed by atoms with van der Waals surface area (Å²) in [6.07, 6.45) is 1.71. The maximum atomic E-state index is 12.4. The highest BCUT2D eigenvalue weighted by Gasteiger charge is 2.15. The molecular formula is C21H18BrClN4O2S. The van der Waals surface area contributed by atoms with Crippen LogP contribution in [0.15, 0.2) is 70.8 Å². The number of aromatic nitrogens is 3. The van der Waals surface area contributed by atoms with Crippen molar-refractivity contribution in [2.45, 2.75) is 18.2 Å². The van der Waals surface area contributed by atoms with E-state index in [-0.39, 0.29) is 24.0 Å². The molecule has 0 bridgehead atoms. The molecule has 1 N–H and O–H groups in total. The van der Waals surface area contributed by atoms with E-state index in [2.05, 4.69) is 38.0 Å². The molecule has 0 saturated heterocycles. The van der Waals surface area contributed by atoms with Crippen molar-refractivity contribution in [3.05, 3.63) is 87.6 Å². The zero-order chi connectivity index (χ0) is 21.5.